The van der Waals surface area contributed by atoms with Crippen molar-refractivity contribution in [2.45, 2.75) is 13.8 Å². The smallest absolute Gasteiger partial charge is 0.343 e. The highest BCUT2D eigenvalue weighted by atomic mass is 16.6. The van der Waals surface area contributed by atoms with E-state index in [4.69, 9.17) is 18.9 Å². The number of amides is 4. The van der Waals surface area contributed by atoms with Crippen molar-refractivity contribution in [2.75, 3.05) is 13.5 Å². The molecule has 14 nitrogen and oxygen atoms in total. The van der Waals surface area contributed by atoms with Crippen LogP contribution in [0.5, 0.6) is 11.5 Å². The molecular formula is C34H24N2O12. The summed E-state index contributed by atoms with van der Waals surface area (Å²) in [7, 11) is 0. The normalized spacial score (nSPS) is 14.0. The summed E-state index contributed by atoms with van der Waals surface area (Å²) in [5, 5.41) is 0. The molecular weight excluding hydrogens is 628 g/mol. The molecule has 0 unspecified atom stereocenters. The molecule has 0 atom stereocenters. The molecule has 2 aliphatic heterocycles. The highest BCUT2D eigenvalue weighted by Gasteiger charge is 2.30. The van der Waals surface area contributed by atoms with Crippen LogP contribution in [0.15, 0.2) is 96.1 Å². The van der Waals surface area contributed by atoms with E-state index < -0.39 is 61.0 Å². The topological polar surface area (TPSA) is 180 Å². The first-order valence-corrected chi connectivity index (χ1v) is 14.1. The Hall–Kier alpha value is -6.70. The van der Waals surface area contributed by atoms with Crippen molar-refractivity contribution in [2.24, 2.45) is 0 Å². The quantitative estimate of drug-likeness (QED) is 0.178. The molecule has 48 heavy (non-hydrogen) atoms. The second kappa shape index (κ2) is 13.7. The minimum Gasteiger partial charge on any atom is -0.440 e. The molecule has 0 aromatic heterocycles. The first-order valence-electron chi connectivity index (χ1n) is 14.1. The molecule has 2 heterocycles. The summed E-state index contributed by atoms with van der Waals surface area (Å²) in [5.74, 6) is -5.06. The van der Waals surface area contributed by atoms with Gasteiger partial charge < -0.3 is 18.9 Å². The molecule has 0 radical (unpaired) electrons. The number of hydrogen-bond donors (Lipinski definition) is 0. The third-order valence-corrected chi connectivity index (χ3v) is 6.98. The number of rotatable bonds is 10. The summed E-state index contributed by atoms with van der Waals surface area (Å²) in [4.78, 5) is 98.7. The van der Waals surface area contributed by atoms with E-state index in [1.807, 2.05) is 0 Å². The van der Waals surface area contributed by atoms with Crippen molar-refractivity contribution in [3.63, 3.8) is 0 Å². The predicted molar refractivity (Wildman–Crippen MR) is 161 cm³/mol. The molecule has 3 aromatic carbocycles. The fraction of sp³-hybridized carbons (Fsp3) is 0.118. The number of esters is 4. The molecule has 0 saturated heterocycles. The molecule has 0 aliphatic carbocycles. The number of carbonyl (C=O) groups is 8. The van der Waals surface area contributed by atoms with Gasteiger partial charge in [0, 0.05) is 23.3 Å². The Balaban J connectivity index is 1.08. The Kier molecular flexibility index (Phi) is 9.36. The number of carbonyl (C=O) groups excluding carboxylic acids is 8. The SMILES string of the molecule is CC1=CC(=O)N(COC(=O)c2ccc(C(=O)Oc3ccc(OC(=O)c4ccc(C(=O)OCN5C(=O)C=C(C)C5=O)cc4)cc3)cc2)C1=O. The zero-order valence-corrected chi connectivity index (χ0v) is 25.3. The number of nitrogens with zero attached hydrogens (tertiary/aromatic N) is 2. The van der Waals surface area contributed by atoms with Gasteiger partial charge in [0.05, 0.1) is 22.3 Å². The van der Waals surface area contributed by atoms with Gasteiger partial charge in [0.25, 0.3) is 23.6 Å². The third kappa shape index (κ3) is 7.23. The largest absolute Gasteiger partial charge is 0.440 e. The van der Waals surface area contributed by atoms with E-state index in [9.17, 15) is 38.4 Å². The van der Waals surface area contributed by atoms with E-state index in [1.54, 1.807) is 0 Å². The van der Waals surface area contributed by atoms with E-state index in [-0.39, 0.29) is 44.9 Å². The predicted octanol–water partition coefficient (Wildman–Crippen LogP) is 2.98. The Morgan fingerprint density at radius 1 is 0.479 bits per heavy atom. The van der Waals surface area contributed by atoms with Crippen LogP contribution >= 0.6 is 0 Å². The minimum atomic E-state index is -0.804. The Labute approximate surface area is 271 Å². The van der Waals surface area contributed by atoms with Gasteiger partial charge in [-0.25, -0.2) is 29.0 Å². The third-order valence-electron chi connectivity index (χ3n) is 6.98. The van der Waals surface area contributed by atoms with Gasteiger partial charge in [-0.1, -0.05) is 0 Å². The maximum Gasteiger partial charge on any atom is 0.343 e. The van der Waals surface area contributed by atoms with Crippen LogP contribution in [0.3, 0.4) is 0 Å². The van der Waals surface area contributed by atoms with Crippen LogP contribution in [-0.4, -0.2) is 70.8 Å². The molecule has 14 heteroatoms. The zero-order chi connectivity index (χ0) is 34.5. The summed E-state index contributed by atoms with van der Waals surface area (Å²) in [6.45, 7) is 1.86. The van der Waals surface area contributed by atoms with Gasteiger partial charge in [-0.3, -0.25) is 19.2 Å². The maximum absolute atomic E-state index is 12.6. The fourth-order valence-corrected chi connectivity index (χ4v) is 4.33. The molecule has 0 N–H and O–H groups in total. The molecule has 2 aliphatic rings. The van der Waals surface area contributed by atoms with Crippen LogP contribution in [0.4, 0.5) is 0 Å². The molecule has 0 saturated carbocycles. The van der Waals surface area contributed by atoms with Gasteiger partial charge in [0.1, 0.15) is 11.5 Å². The lowest BCUT2D eigenvalue weighted by Gasteiger charge is -2.14. The summed E-state index contributed by atoms with van der Waals surface area (Å²) in [6, 6.07) is 16.2. The van der Waals surface area contributed by atoms with Crippen LogP contribution < -0.4 is 9.47 Å². The highest BCUT2D eigenvalue weighted by Crippen LogP contribution is 2.21. The van der Waals surface area contributed by atoms with Gasteiger partial charge in [-0.05, 0) is 86.6 Å². The molecule has 0 fully saturated rings. The lowest BCUT2D eigenvalue weighted by atomic mass is 10.1. The van der Waals surface area contributed by atoms with Crippen molar-refractivity contribution in [1.29, 1.82) is 0 Å². The van der Waals surface area contributed by atoms with Crippen LogP contribution in [0.2, 0.25) is 0 Å². The summed E-state index contributed by atoms with van der Waals surface area (Å²) in [5.41, 5.74) is 0.869. The summed E-state index contributed by atoms with van der Waals surface area (Å²) >= 11 is 0. The van der Waals surface area contributed by atoms with Crippen LogP contribution in [0.25, 0.3) is 0 Å². The fourth-order valence-electron chi connectivity index (χ4n) is 4.33. The number of imide groups is 2. The minimum absolute atomic E-state index is 0.0804. The Morgan fingerprint density at radius 3 is 1.04 bits per heavy atom. The van der Waals surface area contributed by atoms with E-state index in [0.717, 1.165) is 22.0 Å². The average Bonchev–Trinajstić information content (AvgIpc) is 3.48. The number of benzene rings is 3. The van der Waals surface area contributed by atoms with Crippen LogP contribution in [0.1, 0.15) is 55.3 Å². The van der Waals surface area contributed by atoms with Crippen molar-refractivity contribution in [3.05, 3.63) is 118 Å². The lowest BCUT2D eigenvalue weighted by Crippen LogP contribution is -2.34. The van der Waals surface area contributed by atoms with Gasteiger partial charge in [-0.15, -0.1) is 0 Å². The average molecular weight is 653 g/mol. The van der Waals surface area contributed by atoms with Crippen molar-refractivity contribution in [1.82, 2.24) is 9.80 Å². The molecule has 242 valence electrons. The highest BCUT2D eigenvalue weighted by molar-refractivity contribution is 6.16. The lowest BCUT2D eigenvalue weighted by molar-refractivity contribution is -0.143. The van der Waals surface area contributed by atoms with Crippen molar-refractivity contribution in [3.8, 4) is 11.5 Å². The molecule has 4 amide bonds. The first-order chi connectivity index (χ1) is 22.9. The van der Waals surface area contributed by atoms with Crippen LogP contribution in [0, 0.1) is 0 Å². The summed E-state index contributed by atoms with van der Waals surface area (Å²) < 4.78 is 20.7. The molecule has 0 spiro atoms. The standard InChI is InChI=1S/C34H24N2O12/c1-19-15-27(37)35(29(19)39)17-45-31(41)21-3-7-23(8-4-21)33(43)47-25-11-13-26(14-12-25)48-34(44)24-9-5-22(6-10-24)32(42)46-18-36-28(38)16-20(2)30(36)40/h3-16H,17-18H2,1-2H3. The molecule has 3 aromatic rings. The van der Waals surface area contributed by atoms with E-state index in [0.29, 0.717) is 0 Å². The van der Waals surface area contributed by atoms with Gasteiger partial charge in [0.15, 0.2) is 13.5 Å². The van der Waals surface area contributed by atoms with Crippen molar-refractivity contribution >= 4 is 47.5 Å². The van der Waals surface area contributed by atoms with Crippen molar-refractivity contribution < 1.29 is 57.3 Å². The Bertz CT molecular complexity index is 1780. The van der Waals surface area contributed by atoms with Gasteiger partial charge in [0.2, 0.25) is 0 Å². The first kappa shape index (κ1) is 32.7. The second-order valence-corrected chi connectivity index (χ2v) is 10.3. The van der Waals surface area contributed by atoms with E-state index >= 15 is 0 Å². The van der Waals surface area contributed by atoms with Gasteiger partial charge in [-0.2, -0.15) is 0 Å². The Morgan fingerprint density at radius 2 is 0.771 bits per heavy atom. The maximum atomic E-state index is 12.6. The summed E-state index contributed by atoms with van der Waals surface area (Å²) in [6.07, 6.45) is 2.29. The molecule has 0 bridgehead atoms. The van der Waals surface area contributed by atoms with Gasteiger partial charge >= 0.3 is 23.9 Å². The monoisotopic (exact) mass is 652 g/mol. The molecule has 5 rings (SSSR count). The number of ether oxygens (including phenoxy) is 4. The van der Waals surface area contributed by atoms with E-state index in [1.165, 1.54) is 86.6 Å². The number of hydrogen-bond acceptors (Lipinski definition) is 12. The van der Waals surface area contributed by atoms with Crippen LogP contribution in [-0.2, 0) is 28.7 Å². The second-order valence-electron chi connectivity index (χ2n) is 10.3. The van der Waals surface area contributed by atoms with E-state index in [2.05, 4.69) is 0 Å². The zero-order valence-electron chi connectivity index (χ0n) is 25.3.